The third-order valence-electron chi connectivity index (χ3n) is 4.50. The average Bonchev–Trinajstić information content (AvgIpc) is 2.61. The Balaban J connectivity index is 1.80. The number of nitrogens with one attached hydrogen (secondary N) is 1. The van der Waals surface area contributed by atoms with Gasteiger partial charge in [0.15, 0.2) is 0 Å². The van der Waals surface area contributed by atoms with Gasteiger partial charge >= 0.3 is 0 Å². The van der Waals surface area contributed by atoms with E-state index in [-0.39, 0.29) is 5.91 Å². The number of hydrogen-bond acceptors (Lipinski definition) is 4. The third-order valence-corrected chi connectivity index (χ3v) is 4.50. The van der Waals surface area contributed by atoms with Gasteiger partial charge in [-0.3, -0.25) is 4.79 Å². The van der Waals surface area contributed by atoms with Crippen LogP contribution < -0.4 is 15.0 Å². The highest BCUT2D eigenvalue weighted by atomic mass is 16.5. The van der Waals surface area contributed by atoms with Crippen LogP contribution in [0.3, 0.4) is 0 Å². The first-order valence-corrected chi connectivity index (χ1v) is 8.54. The van der Waals surface area contributed by atoms with E-state index in [1.54, 1.807) is 7.11 Å². The van der Waals surface area contributed by atoms with Gasteiger partial charge in [0.25, 0.3) is 0 Å². The molecule has 1 heterocycles. The number of hydrogen-bond donors (Lipinski definition) is 1. The molecule has 0 aliphatic carbocycles. The number of carbonyl (C=O) groups is 1. The third kappa shape index (κ3) is 4.86. The van der Waals surface area contributed by atoms with Crippen LogP contribution in [0.25, 0.3) is 0 Å². The van der Waals surface area contributed by atoms with Gasteiger partial charge in [-0.1, -0.05) is 19.1 Å². The predicted molar refractivity (Wildman–Crippen MR) is 94.2 cm³/mol. The molecule has 0 bridgehead atoms. The van der Waals surface area contributed by atoms with Crippen LogP contribution in [0.5, 0.6) is 5.75 Å². The van der Waals surface area contributed by atoms with E-state index in [2.05, 4.69) is 30.1 Å². The Morgan fingerprint density at radius 3 is 2.61 bits per heavy atom. The summed E-state index contributed by atoms with van der Waals surface area (Å²) < 4.78 is 5.43. The zero-order chi connectivity index (χ0) is 16.7. The van der Waals surface area contributed by atoms with Crippen molar-refractivity contribution in [2.75, 3.05) is 44.7 Å². The van der Waals surface area contributed by atoms with Gasteiger partial charge in [-0.05, 0) is 25.5 Å². The van der Waals surface area contributed by atoms with E-state index < -0.39 is 0 Å². The molecule has 1 amide bonds. The topological polar surface area (TPSA) is 44.8 Å². The van der Waals surface area contributed by atoms with Crippen LogP contribution in [0.15, 0.2) is 24.3 Å². The maximum absolute atomic E-state index is 12.3. The Kier molecular flexibility index (Phi) is 6.71. The van der Waals surface area contributed by atoms with Gasteiger partial charge in [0, 0.05) is 45.2 Å². The second-order valence-corrected chi connectivity index (χ2v) is 6.05. The van der Waals surface area contributed by atoms with Gasteiger partial charge in [0.2, 0.25) is 5.91 Å². The summed E-state index contributed by atoms with van der Waals surface area (Å²) >= 11 is 0. The quantitative estimate of drug-likeness (QED) is 0.836. The molecule has 23 heavy (non-hydrogen) atoms. The Morgan fingerprint density at radius 1 is 1.26 bits per heavy atom. The van der Waals surface area contributed by atoms with Crippen molar-refractivity contribution in [1.82, 2.24) is 10.2 Å². The summed E-state index contributed by atoms with van der Waals surface area (Å²) in [5.41, 5.74) is 1.11. The normalized spacial score (nSPS) is 16.3. The first-order valence-electron chi connectivity index (χ1n) is 8.54. The maximum atomic E-state index is 12.3. The molecule has 5 heteroatoms. The molecule has 0 radical (unpaired) electrons. The van der Waals surface area contributed by atoms with E-state index >= 15 is 0 Å². The molecule has 2 rings (SSSR count). The molecule has 5 nitrogen and oxygen atoms in total. The standard InChI is InChI=1S/C18H29N3O2/c1-4-15(2)19-10-9-18(22)21-13-11-20(12-14-21)16-7-5-6-8-17(16)23-3/h5-8,15,19H,4,9-14H2,1-3H3. The average molecular weight is 319 g/mol. The van der Waals surface area contributed by atoms with Gasteiger partial charge in [-0.15, -0.1) is 0 Å². The highest BCUT2D eigenvalue weighted by molar-refractivity contribution is 5.76. The number of methoxy groups -OCH3 is 1. The molecule has 1 unspecified atom stereocenters. The van der Waals surface area contributed by atoms with Crippen LogP contribution in [-0.4, -0.2) is 56.7 Å². The molecule has 1 aliphatic heterocycles. The largest absolute Gasteiger partial charge is 0.495 e. The zero-order valence-electron chi connectivity index (χ0n) is 14.5. The van der Waals surface area contributed by atoms with E-state index in [1.807, 2.05) is 23.1 Å². The van der Waals surface area contributed by atoms with Gasteiger partial charge in [-0.25, -0.2) is 0 Å². The van der Waals surface area contributed by atoms with Crippen molar-refractivity contribution in [3.63, 3.8) is 0 Å². The van der Waals surface area contributed by atoms with Gasteiger partial charge in [0.1, 0.15) is 5.75 Å². The highest BCUT2D eigenvalue weighted by Gasteiger charge is 2.22. The summed E-state index contributed by atoms with van der Waals surface area (Å²) in [6, 6.07) is 8.53. The lowest BCUT2D eigenvalue weighted by Crippen LogP contribution is -2.49. The Bertz CT molecular complexity index is 499. The Labute approximate surface area is 139 Å². The summed E-state index contributed by atoms with van der Waals surface area (Å²) in [5.74, 6) is 1.14. The summed E-state index contributed by atoms with van der Waals surface area (Å²) in [5, 5.41) is 3.38. The summed E-state index contributed by atoms with van der Waals surface area (Å²) in [6.45, 7) is 8.32. The molecule has 0 aromatic heterocycles. The molecule has 1 aromatic carbocycles. The van der Waals surface area contributed by atoms with Crippen molar-refractivity contribution in [2.24, 2.45) is 0 Å². The van der Waals surface area contributed by atoms with Crippen LogP contribution in [0.1, 0.15) is 26.7 Å². The molecule has 0 spiro atoms. The van der Waals surface area contributed by atoms with E-state index in [9.17, 15) is 4.79 Å². The lowest BCUT2D eigenvalue weighted by molar-refractivity contribution is -0.131. The minimum absolute atomic E-state index is 0.250. The van der Waals surface area contributed by atoms with E-state index in [0.29, 0.717) is 12.5 Å². The molecule has 1 atom stereocenters. The van der Waals surface area contributed by atoms with Crippen LogP contribution >= 0.6 is 0 Å². The number of para-hydroxylation sites is 2. The second-order valence-electron chi connectivity index (χ2n) is 6.05. The van der Waals surface area contributed by atoms with Crippen LogP contribution in [-0.2, 0) is 4.79 Å². The molecule has 1 saturated heterocycles. The van der Waals surface area contributed by atoms with E-state index in [1.165, 1.54) is 0 Å². The Hall–Kier alpha value is -1.75. The van der Waals surface area contributed by atoms with Crippen LogP contribution in [0.4, 0.5) is 5.69 Å². The maximum Gasteiger partial charge on any atom is 0.223 e. The van der Waals surface area contributed by atoms with Gasteiger partial charge in [0.05, 0.1) is 12.8 Å². The summed E-state index contributed by atoms with van der Waals surface area (Å²) in [6.07, 6.45) is 1.67. The van der Waals surface area contributed by atoms with Gasteiger partial charge in [-0.2, -0.15) is 0 Å². The lowest BCUT2D eigenvalue weighted by atomic mass is 10.2. The van der Waals surface area contributed by atoms with Crippen molar-refractivity contribution >= 4 is 11.6 Å². The van der Waals surface area contributed by atoms with Gasteiger partial charge < -0.3 is 19.9 Å². The molecule has 1 aromatic rings. The molecule has 1 fully saturated rings. The molecular formula is C18H29N3O2. The molecule has 0 saturated carbocycles. The molecule has 128 valence electrons. The first kappa shape index (κ1) is 17.6. The Morgan fingerprint density at radius 2 is 1.96 bits per heavy atom. The number of carbonyl (C=O) groups excluding carboxylic acids is 1. The van der Waals surface area contributed by atoms with Crippen molar-refractivity contribution in [2.45, 2.75) is 32.7 Å². The van der Waals surface area contributed by atoms with Crippen molar-refractivity contribution in [3.8, 4) is 5.75 Å². The number of ether oxygens (including phenoxy) is 1. The fraction of sp³-hybridized carbons (Fsp3) is 0.611. The van der Waals surface area contributed by atoms with Crippen LogP contribution in [0, 0.1) is 0 Å². The molecular weight excluding hydrogens is 290 g/mol. The number of piperazine rings is 1. The van der Waals surface area contributed by atoms with E-state index in [0.717, 1.165) is 50.6 Å². The number of amides is 1. The first-order chi connectivity index (χ1) is 11.2. The van der Waals surface area contributed by atoms with Crippen molar-refractivity contribution in [1.29, 1.82) is 0 Å². The smallest absolute Gasteiger partial charge is 0.223 e. The molecule has 1 N–H and O–H groups in total. The number of benzene rings is 1. The highest BCUT2D eigenvalue weighted by Crippen LogP contribution is 2.28. The van der Waals surface area contributed by atoms with Crippen molar-refractivity contribution in [3.05, 3.63) is 24.3 Å². The van der Waals surface area contributed by atoms with E-state index in [4.69, 9.17) is 4.74 Å². The fourth-order valence-corrected chi connectivity index (χ4v) is 2.82. The fourth-order valence-electron chi connectivity index (χ4n) is 2.82. The van der Waals surface area contributed by atoms with Crippen molar-refractivity contribution < 1.29 is 9.53 Å². The minimum atomic E-state index is 0.250. The monoisotopic (exact) mass is 319 g/mol. The predicted octanol–water partition coefficient (Wildman–Crippen LogP) is 2.12. The lowest BCUT2D eigenvalue weighted by Gasteiger charge is -2.36. The second kappa shape index (κ2) is 8.77. The van der Waals surface area contributed by atoms with Crippen LogP contribution in [0.2, 0.25) is 0 Å². The number of rotatable bonds is 7. The summed E-state index contributed by atoms with van der Waals surface area (Å²) in [7, 11) is 1.70. The number of nitrogens with zero attached hydrogens (tertiary/aromatic N) is 2. The zero-order valence-corrected chi connectivity index (χ0v) is 14.5. The molecule has 1 aliphatic rings. The summed E-state index contributed by atoms with van der Waals surface area (Å²) in [4.78, 5) is 16.5. The number of anilines is 1. The minimum Gasteiger partial charge on any atom is -0.495 e. The SMILES string of the molecule is CCC(C)NCCC(=O)N1CCN(c2ccccc2OC)CC1.